The highest BCUT2D eigenvalue weighted by Crippen LogP contribution is 2.29. The van der Waals surface area contributed by atoms with Crippen LogP contribution in [0.3, 0.4) is 0 Å². The lowest BCUT2D eigenvalue weighted by atomic mass is 10.0. The monoisotopic (exact) mass is 169 g/mol. The first-order chi connectivity index (χ1) is 5.86. The van der Waals surface area contributed by atoms with Crippen molar-refractivity contribution < 1.29 is 4.74 Å². The Morgan fingerprint density at radius 2 is 2.00 bits per heavy atom. The van der Waals surface area contributed by atoms with E-state index in [4.69, 9.17) is 4.74 Å². The fourth-order valence-electron chi connectivity index (χ4n) is 2.27. The van der Waals surface area contributed by atoms with Crippen LogP contribution in [0.25, 0.3) is 0 Å². The molecule has 0 bridgehead atoms. The van der Waals surface area contributed by atoms with Gasteiger partial charge in [0.25, 0.3) is 0 Å². The smallest absolute Gasteiger partial charge is 0.110 e. The quantitative estimate of drug-likeness (QED) is 0.646. The van der Waals surface area contributed by atoms with E-state index in [1.165, 1.54) is 25.7 Å². The molecule has 2 atom stereocenters. The summed E-state index contributed by atoms with van der Waals surface area (Å²) in [6.07, 6.45) is 5.92. The Morgan fingerprint density at radius 3 is 2.58 bits per heavy atom. The summed E-state index contributed by atoms with van der Waals surface area (Å²) < 4.78 is 5.76. The Kier molecular flexibility index (Phi) is 2.66. The number of hydrogen-bond acceptors (Lipinski definition) is 2. The van der Waals surface area contributed by atoms with Gasteiger partial charge in [0.05, 0.1) is 6.61 Å². The van der Waals surface area contributed by atoms with Crippen molar-refractivity contribution in [1.29, 1.82) is 0 Å². The van der Waals surface area contributed by atoms with Crippen LogP contribution in [0, 0.1) is 11.8 Å². The van der Waals surface area contributed by atoms with Crippen molar-refractivity contribution in [1.82, 2.24) is 5.32 Å². The highest BCUT2D eigenvalue weighted by atomic mass is 16.5. The lowest BCUT2D eigenvalue weighted by molar-refractivity contribution is -0.0549. The summed E-state index contributed by atoms with van der Waals surface area (Å²) in [5.74, 6) is 1.50. The van der Waals surface area contributed by atoms with Crippen LogP contribution in [-0.4, -0.2) is 19.4 Å². The number of hydrogen-bond donors (Lipinski definition) is 1. The summed E-state index contributed by atoms with van der Waals surface area (Å²) in [4.78, 5) is 0. The average Bonchev–Trinajstić information content (AvgIpc) is 2.58. The summed E-state index contributed by atoms with van der Waals surface area (Å²) in [6.45, 7) is 4.33. The highest BCUT2D eigenvalue weighted by molar-refractivity contribution is 4.77. The maximum absolute atomic E-state index is 5.76. The molecule has 1 saturated carbocycles. The Bertz CT molecular complexity index is 135. The van der Waals surface area contributed by atoms with Gasteiger partial charge < -0.3 is 4.74 Å². The van der Waals surface area contributed by atoms with Crippen molar-refractivity contribution in [2.45, 2.75) is 38.8 Å². The van der Waals surface area contributed by atoms with Crippen LogP contribution in [0.15, 0.2) is 0 Å². The molecule has 0 spiro atoms. The molecule has 2 heteroatoms. The third-order valence-corrected chi connectivity index (χ3v) is 3.06. The number of nitrogens with one attached hydrogen (secondary N) is 1. The first-order valence-electron chi connectivity index (χ1n) is 5.21. The summed E-state index contributed by atoms with van der Waals surface area (Å²) >= 11 is 0. The Labute approximate surface area is 74.7 Å². The third-order valence-electron chi connectivity index (χ3n) is 3.06. The second kappa shape index (κ2) is 3.75. The predicted molar refractivity (Wildman–Crippen MR) is 48.9 cm³/mol. The van der Waals surface area contributed by atoms with E-state index in [9.17, 15) is 0 Å². The first-order valence-corrected chi connectivity index (χ1v) is 5.21. The fraction of sp³-hybridized carbons (Fsp3) is 1.00. The molecular formula is C10H19NO. The molecule has 2 rings (SSSR count). The van der Waals surface area contributed by atoms with E-state index in [0.717, 1.165) is 19.1 Å². The van der Waals surface area contributed by atoms with Crippen molar-refractivity contribution in [3.05, 3.63) is 0 Å². The summed E-state index contributed by atoms with van der Waals surface area (Å²) in [5, 5.41) is 3.49. The minimum atomic E-state index is 0.378. The fourth-order valence-corrected chi connectivity index (χ4v) is 2.27. The molecule has 1 aliphatic heterocycles. The van der Waals surface area contributed by atoms with Crippen molar-refractivity contribution in [3.63, 3.8) is 0 Å². The van der Waals surface area contributed by atoms with Crippen LogP contribution >= 0.6 is 0 Å². The van der Waals surface area contributed by atoms with Gasteiger partial charge in [0.2, 0.25) is 0 Å². The zero-order chi connectivity index (χ0) is 8.39. The topological polar surface area (TPSA) is 21.3 Å². The van der Waals surface area contributed by atoms with Gasteiger partial charge in [0, 0.05) is 6.54 Å². The summed E-state index contributed by atoms with van der Waals surface area (Å²) in [7, 11) is 0. The second-order valence-corrected chi connectivity index (χ2v) is 4.31. The van der Waals surface area contributed by atoms with E-state index in [0.29, 0.717) is 12.1 Å². The molecule has 0 amide bonds. The summed E-state index contributed by atoms with van der Waals surface area (Å²) in [6, 6.07) is 0. The van der Waals surface area contributed by atoms with Gasteiger partial charge in [-0.05, 0) is 24.7 Å². The molecule has 1 N–H and O–H groups in total. The van der Waals surface area contributed by atoms with E-state index in [-0.39, 0.29) is 0 Å². The van der Waals surface area contributed by atoms with Gasteiger partial charge in [-0.25, -0.2) is 0 Å². The lowest BCUT2D eigenvalue weighted by Crippen LogP contribution is -2.46. The van der Waals surface area contributed by atoms with Gasteiger partial charge in [-0.2, -0.15) is 0 Å². The molecule has 12 heavy (non-hydrogen) atoms. The van der Waals surface area contributed by atoms with Gasteiger partial charge >= 0.3 is 0 Å². The van der Waals surface area contributed by atoms with Crippen LogP contribution in [0.5, 0.6) is 0 Å². The molecule has 2 aliphatic rings. The number of rotatable bonds is 1. The van der Waals surface area contributed by atoms with Crippen molar-refractivity contribution in [2.75, 3.05) is 13.2 Å². The Balaban J connectivity index is 1.80. The number of ether oxygens (including phenoxy) is 1. The van der Waals surface area contributed by atoms with Gasteiger partial charge in [-0.1, -0.05) is 19.8 Å². The standard InChI is InChI=1S/C10H19NO/c1-8-6-11-10(12-7-8)9-4-2-3-5-9/h8-11H,2-7H2,1H3. The molecule has 70 valence electrons. The minimum Gasteiger partial charge on any atom is -0.363 e. The molecule has 0 aromatic carbocycles. The highest BCUT2D eigenvalue weighted by Gasteiger charge is 2.28. The van der Waals surface area contributed by atoms with Crippen molar-refractivity contribution >= 4 is 0 Å². The largest absolute Gasteiger partial charge is 0.363 e. The molecular weight excluding hydrogens is 150 g/mol. The zero-order valence-electron chi connectivity index (χ0n) is 7.88. The molecule has 1 heterocycles. The van der Waals surface area contributed by atoms with Gasteiger partial charge in [0.15, 0.2) is 0 Å². The Morgan fingerprint density at radius 1 is 1.25 bits per heavy atom. The van der Waals surface area contributed by atoms with Crippen LogP contribution in [0.4, 0.5) is 0 Å². The van der Waals surface area contributed by atoms with E-state index < -0.39 is 0 Å². The third kappa shape index (κ3) is 1.80. The molecule has 2 unspecified atom stereocenters. The van der Waals surface area contributed by atoms with E-state index >= 15 is 0 Å². The van der Waals surface area contributed by atoms with E-state index in [1.54, 1.807) is 0 Å². The van der Waals surface area contributed by atoms with Crippen LogP contribution < -0.4 is 5.32 Å². The maximum Gasteiger partial charge on any atom is 0.110 e. The molecule has 1 saturated heterocycles. The van der Waals surface area contributed by atoms with Crippen molar-refractivity contribution in [2.24, 2.45) is 11.8 Å². The van der Waals surface area contributed by atoms with E-state index in [1.807, 2.05) is 0 Å². The Hall–Kier alpha value is -0.0800. The van der Waals surface area contributed by atoms with Crippen LogP contribution in [0.1, 0.15) is 32.6 Å². The summed E-state index contributed by atoms with van der Waals surface area (Å²) in [5.41, 5.74) is 0. The van der Waals surface area contributed by atoms with Crippen molar-refractivity contribution in [3.8, 4) is 0 Å². The normalized spacial score (nSPS) is 38.8. The minimum absolute atomic E-state index is 0.378. The average molecular weight is 169 g/mol. The van der Waals surface area contributed by atoms with E-state index in [2.05, 4.69) is 12.2 Å². The van der Waals surface area contributed by atoms with Crippen LogP contribution in [0.2, 0.25) is 0 Å². The van der Waals surface area contributed by atoms with Gasteiger partial charge in [-0.3, -0.25) is 5.32 Å². The second-order valence-electron chi connectivity index (χ2n) is 4.31. The molecule has 0 aromatic rings. The lowest BCUT2D eigenvalue weighted by Gasteiger charge is -2.32. The first kappa shape index (κ1) is 8.52. The SMILES string of the molecule is CC1CNC(C2CCCC2)OC1. The molecule has 0 aromatic heterocycles. The zero-order valence-corrected chi connectivity index (χ0v) is 7.88. The van der Waals surface area contributed by atoms with Crippen LogP contribution in [-0.2, 0) is 4.74 Å². The predicted octanol–water partition coefficient (Wildman–Crippen LogP) is 1.76. The molecule has 2 fully saturated rings. The molecule has 2 nitrogen and oxygen atoms in total. The van der Waals surface area contributed by atoms with Gasteiger partial charge in [0.1, 0.15) is 6.23 Å². The molecule has 0 radical (unpaired) electrons. The molecule has 1 aliphatic carbocycles. The maximum atomic E-state index is 5.76. The van der Waals surface area contributed by atoms with Gasteiger partial charge in [-0.15, -0.1) is 0 Å².